The van der Waals surface area contributed by atoms with Crippen molar-refractivity contribution in [3.8, 4) is 11.8 Å². The topological polar surface area (TPSA) is 55.5 Å². The molecule has 2 aromatic heterocycles. The maximum Gasteiger partial charge on any atom is 0.404 e. The van der Waals surface area contributed by atoms with E-state index >= 15 is 4.39 Å². The van der Waals surface area contributed by atoms with Crippen LogP contribution >= 0.6 is 0 Å². The van der Waals surface area contributed by atoms with Crippen molar-refractivity contribution in [3.05, 3.63) is 59.2 Å². The van der Waals surface area contributed by atoms with Crippen molar-refractivity contribution in [3.63, 3.8) is 0 Å². The van der Waals surface area contributed by atoms with E-state index in [1.807, 2.05) is 0 Å². The molecule has 5 rings (SSSR count). The van der Waals surface area contributed by atoms with Gasteiger partial charge < -0.3 is 9.64 Å². The molecule has 1 aliphatic heterocycles. The molecule has 0 radical (unpaired) electrons. The molecule has 0 amide bonds. The summed E-state index contributed by atoms with van der Waals surface area (Å²) < 4.78 is 62.7. The molecule has 0 saturated carbocycles. The number of nitrogens with zero attached hydrogens (tertiary/aromatic N) is 5. The first-order valence-electron chi connectivity index (χ1n) is 11.0. The molecular weight excluding hydrogens is 462 g/mol. The summed E-state index contributed by atoms with van der Waals surface area (Å²) in [6.07, 6.45) is -4.47. The van der Waals surface area contributed by atoms with E-state index in [0.29, 0.717) is 52.9 Å². The average Bonchev–Trinajstić information content (AvgIpc) is 3.04. The van der Waals surface area contributed by atoms with Crippen LogP contribution in [0.25, 0.3) is 16.7 Å². The van der Waals surface area contributed by atoms with Gasteiger partial charge in [-0.05, 0) is 45.0 Å². The number of alkyl halides is 3. The van der Waals surface area contributed by atoms with E-state index in [2.05, 4.69) is 27.0 Å². The maximum absolute atomic E-state index is 15.2. The van der Waals surface area contributed by atoms with E-state index in [9.17, 15) is 13.2 Å². The third-order valence-corrected chi connectivity index (χ3v) is 6.09. The summed E-state index contributed by atoms with van der Waals surface area (Å²) in [4.78, 5) is 6.43. The van der Waals surface area contributed by atoms with Crippen LogP contribution in [0.1, 0.15) is 30.8 Å². The molecule has 0 fully saturated rings. The molecule has 2 aromatic carbocycles. The zero-order chi connectivity index (χ0) is 25.0. The van der Waals surface area contributed by atoms with Crippen LogP contribution in [0.5, 0.6) is 0 Å². The summed E-state index contributed by atoms with van der Waals surface area (Å²) >= 11 is 0. The Labute approximate surface area is 198 Å². The van der Waals surface area contributed by atoms with Gasteiger partial charge in [-0.15, -0.1) is 10.2 Å². The summed E-state index contributed by atoms with van der Waals surface area (Å²) in [5, 5.41) is 8.49. The molecule has 0 bridgehead atoms. The normalized spacial score (nSPS) is 14.5. The van der Waals surface area contributed by atoms with Crippen molar-refractivity contribution < 1.29 is 22.3 Å². The van der Waals surface area contributed by atoms with Crippen LogP contribution in [0.15, 0.2) is 36.4 Å². The fourth-order valence-corrected chi connectivity index (χ4v) is 4.03. The van der Waals surface area contributed by atoms with E-state index in [1.54, 1.807) is 46.6 Å². The van der Waals surface area contributed by atoms with Crippen LogP contribution in [0.3, 0.4) is 0 Å². The molecule has 3 heterocycles. The van der Waals surface area contributed by atoms with Crippen molar-refractivity contribution in [1.29, 1.82) is 0 Å². The molecule has 0 saturated heterocycles. The third-order valence-electron chi connectivity index (χ3n) is 6.09. The van der Waals surface area contributed by atoms with Crippen LogP contribution in [-0.4, -0.2) is 38.9 Å². The lowest BCUT2D eigenvalue weighted by Gasteiger charge is -2.25. The van der Waals surface area contributed by atoms with Gasteiger partial charge in [-0.2, -0.15) is 18.2 Å². The molecule has 0 N–H and O–H groups in total. The van der Waals surface area contributed by atoms with Crippen LogP contribution in [0, 0.1) is 30.0 Å². The van der Waals surface area contributed by atoms with Crippen molar-refractivity contribution in [2.45, 2.75) is 33.6 Å². The van der Waals surface area contributed by atoms with E-state index in [0.717, 1.165) is 13.8 Å². The van der Waals surface area contributed by atoms with Crippen LogP contribution in [0.2, 0.25) is 0 Å². The summed E-state index contributed by atoms with van der Waals surface area (Å²) in [6, 6.07) is 9.90. The van der Waals surface area contributed by atoms with Crippen molar-refractivity contribution in [1.82, 2.24) is 19.6 Å². The molecule has 6 nitrogen and oxygen atoms in total. The van der Waals surface area contributed by atoms with Crippen molar-refractivity contribution in [2.75, 3.05) is 18.1 Å². The number of hydrogen-bond donors (Lipinski definition) is 0. The highest BCUT2D eigenvalue weighted by Crippen LogP contribution is 2.39. The molecule has 0 aliphatic carbocycles. The van der Waals surface area contributed by atoms with E-state index in [-0.39, 0.29) is 12.0 Å². The predicted octanol–water partition coefficient (Wildman–Crippen LogP) is 5.33. The fourth-order valence-electron chi connectivity index (χ4n) is 4.03. The Balaban J connectivity index is 1.72. The quantitative estimate of drug-likeness (QED) is 0.271. The first-order chi connectivity index (χ1) is 16.6. The Hall–Kier alpha value is -3.71. The van der Waals surface area contributed by atoms with Gasteiger partial charge in [0, 0.05) is 23.4 Å². The highest BCUT2D eigenvalue weighted by molar-refractivity contribution is 5.94. The number of ether oxygens (including phenoxy) is 1. The van der Waals surface area contributed by atoms with Gasteiger partial charge in [-0.1, -0.05) is 24.0 Å². The zero-order valence-electron chi connectivity index (χ0n) is 19.2. The molecule has 0 atom stereocenters. The Kier molecular flexibility index (Phi) is 5.40. The first kappa shape index (κ1) is 23.1. The van der Waals surface area contributed by atoms with Crippen LogP contribution in [0.4, 0.5) is 29.1 Å². The Morgan fingerprint density at radius 3 is 2.60 bits per heavy atom. The fraction of sp³-hybridized carbons (Fsp3) is 0.320. The van der Waals surface area contributed by atoms with E-state index in [4.69, 9.17) is 4.74 Å². The van der Waals surface area contributed by atoms with Gasteiger partial charge in [0.05, 0.1) is 24.1 Å². The first-order valence-corrected chi connectivity index (χ1v) is 11.0. The molecule has 4 aromatic rings. The number of hydrogen-bond acceptors (Lipinski definition) is 5. The zero-order valence-corrected chi connectivity index (χ0v) is 19.2. The van der Waals surface area contributed by atoms with Crippen molar-refractivity contribution in [2.24, 2.45) is 5.41 Å². The minimum absolute atomic E-state index is 0.149. The summed E-state index contributed by atoms with van der Waals surface area (Å²) in [5.74, 6) is 5.80. The standard InChI is InChI=1S/C25H21F4N5O/c1-15-31-32-23-30-22(21-18(26)7-5-9-20(21)34(15)23)33-12-13-35-14-17-16(6-4-8-19(17)33)10-11-24(2,3)25(27,28)29/h4-9H,12-14H2,1-3H3. The number of halogens is 4. The van der Waals surface area contributed by atoms with Gasteiger partial charge in [0.1, 0.15) is 22.9 Å². The number of rotatable bonds is 1. The number of benzene rings is 2. The highest BCUT2D eigenvalue weighted by Gasteiger charge is 2.46. The summed E-state index contributed by atoms with van der Waals surface area (Å²) in [6.45, 7) is 4.63. The lowest BCUT2D eigenvalue weighted by Crippen LogP contribution is -2.30. The van der Waals surface area contributed by atoms with Gasteiger partial charge in [0.15, 0.2) is 0 Å². The second-order valence-corrected chi connectivity index (χ2v) is 8.83. The number of anilines is 2. The van der Waals surface area contributed by atoms with Gasteiger partial charge >= 0.3 is 6.18 Å². The molecule has 180 valence electrons. The molecule has 1 aliphatic rings. The Morgan fingerprint density at radius 2 is 1.83 bits per heavy atom. The molecule has 35 heavy (non-hydrogen) atoms. The summed E-state index contributed by atoms with van der Waals surface area (Å²) in [7, 11) is 0. The number of fused-ring (bicyclic) bond motifs is 4. The van der Waals surface area contributed by atoms with Crippen molar-refractivity contribution >= 4 is 28.2 Å². The number of aryl methyl sites for hydroxylation is 1. The SMILES string of the molecule is Cc1nnc2nc(N3CCOCc4c(C#CC(C)(C)C(F)(F)F)cccc43)c3c(F)cccc3n12. The summed E-state index contributed by atoms with van der Waals surface area (Å²) in [5.41, 5.74) is 0.0346. The average molecular weight is 483 g/mol. The number of aromatic nitrogens is 4. The molecule has 0 spiro atoms. The monoisotopic (exact) mass is 483 g/mol. The smallest absolute Gasteiger partial charge is 0.375 e. The highest BCUT2D eigenvalue weighted by atomic mass is 19.4. The predicted molar refractivity (Wildman–Crippen MR) is 123 cm³/mol. The largest absolute Gasteiger partial charge is 0.404 e. The van der Waals surface area contributed by atoms with Crippen LogP contribution < -0.4 is 4.90 Å². The van der Waals surface area contributed by atoms with Gasteiger partial charge in [0.25, 0.3) is 5.78 Å². The lowest BCUT2D eigenvalue weighted by molar-refractivity contribution is -0.190. The lowest BCUT2D eigenvalue weighted by atomic mass is 9.92. The minimum atomic E-state index is -4.47. The van der Waals surface area contributed by atoms with Gasteiger partial charge in [-0.3, -0.25) is 4.40 Å². The molecule has 0 unspecified atom stereocenters. The third kappa shape index (κ3) is 3.86. The minimum Gasteiger partial charge on any atom is -0.375 e. The van der Waals surface area contributed by atoms with Gasteiger partial charge in [0.2, 0.25) is 0 Å². The second-order valence-electron chi connectivity index (χ2n) is 8.83. The Morgan fingerprint density at radius 1 is 1.06 bits per heavy atom. The van der Waals surface area contributed by atoms with E-state index in [1.165, 1.54) is 6.07 Å². The maximum atomic E-state index is 15.2. The van der Waals surface area contributed by atoms with Crippen LogP contribution in [-0.2, 0) is 11.3 Å². The second kappa shape index (κ2) is 8.20. The molecular formula is C25H21F4N5O. The molecule has 10 heteroatoms. The Bertz CT molecular complexity index is 1510. The van der Waals surface area contributed by atoms with E-state index < -0.39 is 17.4 Å². The van der Waals surface area contributed by atoms with Gasteiger partial charge in [-0.25, -0.2) is 4.39 Å².